The number of pyridine rings is 1. The number of carbonyl (C=O) groups is 1. The second-order valence-electron chi connectivity index (χ2n) is 7.01. The summed E-state index contributed by atoms with van der Waals surface area (Å²) in [5.41, 5.74) is 1.72. The van der Waals surface area contributed by atoms with Gasteiger partial charge in [0.25, 0.3) is 0 Å². The predicted octanol–water partition coefficient (Wildman–Crippen LogP) is 3.86. The number of hydrogen-bond acceptors (Lipinski definition) is 9. The molecule has 164 valence electrons. The van der Waals surface area contributed by atoms with Crippen LogP contribution in [0.5, 0.6) is 11.5 Å². The number of carbonyl (C=O) groups excluding carboxylic acids is 1. The Hall–Kier alpha value is -3.18. The number of ether oxygens (including phenoxy) is 2. The molecule has 1 aromatic carbocycles. The molecular formula is C21H20N6O3S2. The van der Waals surface area contributed by atoms with Crippen LogP contribution in [0.15, 0.2) is 41.8 Å². The minimum atomic E-state index is -0.150. The van der Waals surface area contributed by atoms with Crippen LogP contribution in [0.25, 0.3) is 21.6 Å². The lowest BCUT2D eigenvalue weighted by molar-refractivity contribution is -0.113. The Kier molecular flexibility index (Phi) is 5.91. The molecule has 4 heterocycles. The molecule has 1 N–H and O–H groups in total. The van der Waals surface area contributed by atoms with Crippen molar-refractivity contribution in [1.29, 1.82) is 0 Å². The largest absolute Gasteiger partial charge is 0.486 e. The summed E-state index contributed by atoms with van der Waals surface area (Å²) in [6.45, 7) is 3.92. The molecule has 0 spiro atoms. The first-order chi connectivity index (χ1) is 15.7. The average Bonchev–Trinajstić information content (AvgIpc) is 3.39. The Morgan fingerprint density at radius 1 is 1.19 bits per heavy atom. The van der Waals surface area contributed by atoms with Gasteiger partial charge in [0.2, 0.25) is 5.91 Å². The van der Waals surface area contributed by atoms with Crippen molar-refractivity contribution in [3.05, 3.63) is 36.7 Å². The van der Waals surface area contributed by atoms with Crippen molar-refractivity contribution < 1.29 is 14.3 Å². The maximum Gasteiger partial charge on any atom is 0.236 e. The second-order valence-corrected chi connectivity index (χ2v) is 8.99. The van der Waals surface area contributed by atoms with Gasteiger partial charge >= 0.3 is 0 Å². The van der Waals surface area contributed by atoms with Crippen molar-refractivity contribution in [2.75, 3.05) is 24.3 Å². The van der Waals surface area contributed by atoms with E-state index < -0.39 is 0 Å². The van der Waals surface area contributed by atoms with E-state index in [0.717, 1.165) is 34.6 Å². The van der Waals surface area contributed by atoms with Gasteiger partial charge in [-0.3, -0.25) is 9.78 Å². The molecule has 5 rings (SSSR count). The monoisotopic (exact) mass is 468 g/mol. The van der Waals surface area contributed by atoms with Crippen molar-refractivity contribution >= 4 is 44.4 Å². The van der Waals surface area contributed by atoms with Crippen LogP contribution in [0.3, 0.4) is 0 Å². The van der Waals surface area contributed by atoms with Gasteiger partial charge in [-0.05, 0) is 18.6 Å². The van der Waals surface area contributed by atoms with Crippen molar-refractivity contribution in [2.24, 2.45) is 0 Å². The molecule has 11 heteroatoms. The zero-order valence-corrected chi connectivity index (χ0v) is 18.9. The van der Waals surface area contributed by atoms with Crippen molar-refractivity contribution in [3.8, 4) is 22.9 Å². The molecule has 4 aromatic rings. The number of thiazole rings is 1. The second kappa shape index (κ2) is 9.13. The Bertz CT molecular complexity index is 1210. The lowest BCUT2D eigenvalue weighted by Crippen LogP contribution is -2.15. The van der Waals surface area contributed by atoms with Gasteiger partial charge in [0, 0.05) is 36.6 Å². The van der Waals surface area contributed by atoms with Gasteiger partial charge < -0.3 is 19.4 Å². The molecule has 32 heavy (non-hydrogen) atoms. The number of benzene rings is 1. The highest BCUT2D eigenvalue weighted by Gasteiger charge is 2.18. The highest BCUT2D eigenvalue weighted by Crippen LogP contribution is 2.38. The van der Waals surface area contributed by atoms with Gasteiger partial charge in [-0.2, -0.15) is 0 Å². The van der Waals surface area contributed by atoms with Gasteiger partial charge in [0.05, 0.1) is 16.0 Å². The molecule has 0 saturated heterocycles. The lowest BCUT2D eigenvalue weighted by Gasteiger charge is -2.17. The van der Waals surface area contributed by atoms with Crippen LogP contribution in [-0.4, -0.2) is 49.6 Å². The van der Waals surface area contributed by atoms with Crippen molar-refractivity contribution in [3.63, 3.8) is 0 Å². The number of thioether (sulfide) groups is 1. The summed E-state index contributed by atoms with van der Waals surface area (Å²) in [6, 6.07) is 7.55. The van der Waals surface area contributed by atoms with Crippen LogP contribution in [0.2, 0.25) is 0 Å². The van der Waals surface area contributed by atoms with Crippen LogP contribution in [-0.2, 0) is 11.3 Å². The molecule has 1 amide bonds. The predicted molar refractivity (Wildman–Crippen MR) is 124 cm³/mol. The van der Waals surface area contributed by atoms with Crippen LogP contribution < -0.4 is 14.8 Å². The number of amides is 1. The van der Waals surface area contributed by atoms with Gasteiger partial charge in [-0.1, -0.05) is 30.0 Å². The fourth-order valence-electron chi connectivity index (χ4n) is 3.34. The fraction of sp³-hybridized carbons (Fsp3) is 0.286. The van der Waals surface area contributed by atoms with E-state index in [-0.39, 0.29) is 11.7 Å². The Balaban J connectivity index is 1.27. The van der Waals surface area contributed by atoms with Gasteiger partial charge in [0.15, 0.2) is 27.6 Å². The van der Waals surface area contributed by atoms with Crippen LogP contribution in [0.4, 0.5) is 5.13 Å². The Morgan fingerprint density at radius 2 is 1.97 bits per heavy atom. The molecule has 0 atom stereocenters. The third kappa shape index (κ3) is 4.26. The minimum absolute atomic E-state index is 0.150. The topological polar surface area (TPSA) is 104 Å². The summed E-state index contributed by atoms with van der Waals surface area (Å²) < 4.78 is 14.2. The molecule has 0 saturated carbocycles. The number of aromatic nitrogens is 5. The van der Waals surface area contributed by atoms with Gasteiger partial charge in [-0.15, -0.1) is 10.2 Å². The summed E-state index contributed by atoms with van der Waals surface area (Å²) in [7, 11) is 0. The van der Waals surface area contributed by atoms with Gasteiger partial charge in [0.1, 0.15) is 13.2 Å². The summed E-state index contributed by atoms with van der Waals surface area (Å²) in [4.78, 5) is 21.1. The van der Waals surface area contributed by atoms with Crippen LogP contribution in [0, 0.1) is 0 Å². The normalized spacial score (nSPS) is 12.8. The molecule has 0 fully saturated rings. The molecule has 0 unspecified atom stereocenters. The fourth-order valence-corrected chi connectivity index (χ4v) is 5.00. The zero-order valence-electron chi connectivity index (χ0n) is 17.3. The standard InChI is InChI=1S/C21H20N6O3S2/c1-2-7-27-19(13-3-5-22-6-4-13)25-26-21(27)31-12-18(28)24-20-23-14-10-15-16(11-17(14)32-20)30-9-8-29-15/h3-6,10-11H,2,7-9,12H2,1H3,(H,23,24,28). The molecule has 1 aliphatic heterocycles. The van der Waals surface area contributed by atoms with Crippen molar-refractivity contribution in [2.45, 2.75) is 25.0 Å². The molecule has 9 nitrogen and oxygen atoms in total. The Morgan fingerprint density at radius 3 is 2.75 bits per heavy atom. The number of rotatable bonds is 7. The third-order valence-electron chi connectivity index (χ3n) is 4.73. The molecule has 0 radical (unpaired) electrons. The number of nitrogens with zero attached hydrogens (tertiary/aromatic N) is 5. The first kappa shape index (κ1) is 20.7. The zero-order chi connectivity index (χ0) is 21.9. The van der Waals surface area contributed by atoms with Gasteiger partial charge in [-0.25, -0.2) is 4.98 Å². The van der Waals surface area contributed by atoms with E-state index in [1.54, 1.807) is 12.4 Å². The first-order valence-corrected chi connectivity index (χ1v) is 12.0. The van der Waals surface area contributed by atoms with Crippen LogP contribution in [0.1, 0.15) is 13.3 Å². The maximum atomic E-state index is 12.6. The summed E-state index contributed by atoms with van der Waals surface area (Å²) in [5.74, 6) is 2.22. The summed E-state index contributed by atoms with van der Waals surface area (Å²) in [6.07, 6.45) is 4.39. The van der Waals surface area contributed by atoms with E-state index in [4.69, 9.17) is 9.47 Å². The third-order valence-corrected chi connectivity index (χ3v) is 6.63. The maximum absolute atomic E-state index is 12.6. The smallest absolute Gasteiger partial charge is 0.236 e. The van der Waals surface area contributed by atoms with E-state index in [2.05, 4.69) is 32.4 Å². The number of nitrogens with one attached hydrogen (secondary N) is 1. The number of anilines is 1. The summed E-state index contributed by atoms with van der Waals surface area (Å²) in [5, 5.41) is 12.8. The molecule has 3 aromatic heterocycles. The van der Waals surface area contributed by atoms with E-state index >= 15 is 0 Å². The number of hydrogen-bond donors (Lipinski definition) is 1. The highest BCUT2D eigenvalue weighted by molar-refractivity contribution is 7.99. The molecule has 0 bridgehead atoms. The molecule has 0 aliphatic carbocycles. The molecular weight excluding hydrogens is 448 g/mol. The van der Waals surface area contributed by atoms with E-state index in [9.17, 15) is 4.79 Å². The summed E-state index contributed by atoms with van der Waals surface area (Å²) >= 11 is 2.76. The lowest BCUT2D eigenvalue weighted by atomic mass is 10.2. The van der Waals surface area contributed by atoms with E-state index in [1.807, 2.05) is 28.8 Å². The quantitative estimate of drug-likeness (QED) is 0.408. The van der Waals surface area contributed by atoms with E-state index in [0.29, 0.717) is 35.0 Å². The highest BCUT2D eigenvalue weighted by atomic mass is 32.2. The minimum Gasteiger partial charge on any atom is -0.486 e. The number of fused-ring (bicyclic) bond motifs is 2. The SMILES string of the molecule is CCCn1c(SCC(=O)Nc2nc3cc4c(cc3s2)OCCO4)nnc1-c1ccncc1. The first-order valence-electron chi connectivity index (χ1n) is 10.2. The van der Waals surface area contributed by atoms with Crippen molar-refractivity contribution in [1.82, 2.24) is 24.7 Å². The Labute approximate surface area is 192 Å². The molecule has 1 aliphatic rings. The van der Waals surface area contributed by atoms with E-state index in [1.165, 1.54) is 23.1 Å². The average molecular weight is 469 g/mol. The van der Waals surface area contributed by atoms with Crippen LogP contribution >= 0.6 is 23.1 Å².